The molecule has 2 aromatic rings. The molecule has 2 fully saturated rings. The molecule has 2 saturated heterocycles. The molecule has 2 heterocycles. The third-order valence-electron chi connectivity index (χ3n) is 5.89. The molecule has 0 saturated carbocycles. The summed E-state index contributed by atoms with van der Waals surface area (Å²) in [7, 11) is 0. The predicted molar refractivity (Wildman–Crippen MR) is 120 cm³/mol. The van der Waals surface area contributed by atoms with Crippen LogP contribution in [-0.2, 0) is 16.1 Å². The molecule has 4 rings (SSSR count). The van der Waals surface area contributed by atoms with Crippen LogP contribution in [0.5, 0.6) is 0 Å². The van der Waals surface area contributed by atoms with E-state index in [-0.39, 0.29) is 17.9 Å². The zero-order valence-electron chi connectivity index (χ0n) is 17.3. The fourth-order valence-corrected chi connectivity index (χ4v) is 4.18. The number of carbonyl (C=O) groups is 2. The van der Waals surface area contributed by atoms with Gasteiger partial charge in [0.05, 0.1) is 0 Å². The summed E-state index contributed by atoms with van der Waals surface area (Å²) in [6.07, 6.45) is 6.94. The van der Waals surface area contributed by atoms with E-state index in [0.29, 0.717) is 6.42 Å². The molecule has 0 unspecified atom stereocenters. The number of hydrogen-bond donors (Lipinski definition) is 1. The SMILES string of the molecule is O=C(/C=C/c1ccc(N2CCCC2=O)cc1)NC1CCN(Cc2ccccc2)CC1. The summed E-state index contributed by atoms with van der Waals surface area (Å²) < 4.78 is 0. The van der Waals surface area contributed by atoms with Crippen molar-refractivity contribution >= 4 is 23.6 Å². The number of benzene rings is 2. The van der Waals surface area contributed by atoms with Crippen LogP contribution in [0, 0.1) is 0 Å². The van der Waals surface area contributed by atoms with Crippen molar-refractivity contribution in [3.05, 3.63) is 71.8 Å². The molecule has 2 amide bonds. The number of piperidine rings is 1. The van der Waals surface area contributed by atoms with Crippen molar-refractivity contribution < 1.29 is 9.59 Å². The van der Waals surface area contributed by atoms with Crippen LogP contribution < -0.4 is 10.2 Å². The second-order valence-electron chi connectivity index (χ2n) is 8.12. The molecule has 2 aromatic carbocycles. The van der Waals surface area contributed by atoms with Crippen LogP contribution in [0.25, 0.3) is 6.08 Å². The Morgan fingerprint density at radius 3 is 2.40 bits per heavy atom. The first-order valence-electron chi connectivity index (χ1n) is 10.8. The van der Waals surface area contributed by atoms with Crippen molar-refractivity contribution in [2.75, 3.05) is 24.5 Å². The van der Waals surface area contributed by atoms with Gasteiger partial charge in [0.2, 0.25) is 11.8 Å². The summed E-state index contributed by atoms with van der Waals surface area (Å²) in [5.41, 5.74) is 3.22. The lowest BCUT2D eigenvalue weighted by Crippen LogP contribution is -2.43. The Labute approximate surface area is 178 Å². The second kappa shape index (κ2) is 9.72. The van der Waals surface area contributed by atoms with Crippen molar-refractivity contribution in [2.24, 2.45) is 0 Å². The van der Waals surface area contributed by atoms with Gasteiger partial charge in [-0.3, -0.25) is 14.5 Å². The highest BCUT2D eigenvalue weighted by atomic mass is 16.2. The molecule has 0 radical (unpaired) electrons. The highest BCUT2D eigenvalue weighted by Gasteiger charge is 2.21. The van der Waals surface area contributed by atoms with Crippen molar-refractivity contribution in [3.63, 3.8) is 0 Å². The number of rotatable bonds is 6. The number of anilines is 1. The minimum Gasteiger partial charge on any atom is -0.350 e. The van der Waals surface area contributed by atoms with E-state index >= 15 is 0 Å². The lowest BCUT2D eigenvalue weighted by Gasteiger charge is -2.32. The first kappa shape index (κ1) is 20.4. The van der Waals surface area contributed by atoms with E-state index in [4.69, 9.17) is 0 Å². The maximum atomic E-state index is 12.3. The Balaban J connectivity index is 1.22. The number of hydrogen-bond acceptors (Lipinski definition) is 3. The van der Waals surface area contributed by atoms with Crippen LogP contribution in [0.2, 0.25) is 0 Å². The summed E-state index contributed by atoms with van der Waals surface area (Å²) in [4.78, 5) is 28.4. The average Bonchev–Trinajstić information content (AvgIpc) is 3.21. The van der Waals surface area contributed by atoms with Crippen molar-refractivity contribution in [1.29, 1.82) is 0 Å². The Hall–Kier alpha value is -2.92. The van der Waals surface area contributed by atoms with E-state index in [1.807, 2.05) is 41.3 Å². The summed E-state index contributed by atoms with van der Waals surface area (Å²) in [5, 5.41) is 3.13. The van der Waals surface area contributed by atoms with Gasteiger partial charge in [-0.2, -0.15) is 0 Å². The van der Waals surface area contributed by atoms with Gasteiger partial charge < -0.3 is 10.2 Å². The van der Waals surface area contributed by atoms with Crippen LogP contribution >= 0.6 is 0 Å². The summed E-state index contributed by atoms with van der Waals surface area (Å²) in [6.45, 7) is 3.77. The van der Waals surface area contributed by atoms with Gasteiger partial charge in [0.15, 0.2) is 0 Å². The van der Waals surface area contributed by atoms with Crippen LogP contribution in [0.3, 0.4) is 0 Å². The number of nitrogens with zero attached hydrogens (tertiary/aromatic N) is 2. The van der Waals surface area contributed by atoms with E-state index in [0.717, 1.165) is 56.7 Å². The van der Waals surface area contributed by atoms with Gasteiger partial charge in [0.25, 0.3) is 0 Å². The smallest absolute Gasteiger partial charge is 0.244 e. The van der Waals surface area contributed by atoms with Gasteiger partial charge in [0, 0.05) is 50.4 Å². The van der Waals surface area contributed by atoms with Crippen LogP contribution in [-0.4, -0.2) is 42.4 Å². The Bertz CT molecular complexity index is 884. The average molecular weight is 404 g/mol. The maximum Gasteiger partial charge on any atom is 0.244 e. The van der Waals surface area contributed by atoms with Crippen molar-refractivity contribution in [2.45, 2.75) is 38.3 Å². The van der Waals surface area contributed by atoms with E-state index in [1.165, 1.54) is 5.56 Å². The fraction of sp³-hybridized carbons (Fsp3) is 0.360. The van der Waals surface area contributed by atoms with E-state index in [2.05, 4.69) is 34.5 Å². The number of nitrogens with one attached hydrogen (secondary N) is 1. The molecule has 156 valence electrons. The quantitative estimate of drug-likeness (QED) is 0.750. The highest BCUT2D eigenvalue weighted by molar-refractivity contribution is 5.95. The number of amides is 2. The molecule has 5 nitrogen and oxygen atoms in total. The summed E-state index contributed by atoms with van der Waals surface area (Å²) in [6, 6.07) is 18.6. The zero-order chi connectivity index (χ0) is 20.8. The van der Waals surface area contributed by atoms with E-state index in [9.17, 15) is 9.59 Å². The molecule has 0 aromatic heterocycles. The predicted octanol–water partition coefficient (Wildman–Crippen LogP) is 3.61. The zero-order valence-corrected chi connectivity index (χ0v) is 17.3. The standard InChI is InChI=1S/C25H29N3O2/c29-24(13-10-20-8-11-23(12-9-20)28-16-4-7-25(28)30)26-22-14-17-27(18-15-22)19-21-5-2-1-3-6-21/h1-3,5-6,8-13,22H,4,7,14-19H2,(H,26,29)/b13-10+. The van der Waals surface area contributed by atoms with Gasteiger partial charge >= 0.3 is 0 Å². The highest BCUT2D eigenvalue weighted by Crippen LogP contribution is 2.22. The molecule has 0 aliphatic carbocycles. The van der Waals surface area contributed by atoms with Crippen molar-refractivity contribution in [3.8, 4) is 0 Å². The Morgan fingerprint density at radius 2 is 1.73 bits per heavy atom. The number of carbonyl (C=O) groups excluding carboxylic acids is 2. The molecular formula is C25H29N3O2. The van der Waals surface area contributed by atoms with E-state index in [1.54, 1.807) is 6.08 Å². The van der Waals surface area contributed by atoms with Gasteiger partial charge in [0.1, 0.15) is 0 Å². The summed E-state index contributed by atoms with van der Waals surface area (Å²) in [5.74, 6) is 0.141. The third kappa shape index (κ3) is 5.36. The largest absolute Gasteiger partial charge is 0.350 e. The molecule has 2 aliphatic heterocycles. The van der Waals surface area contributed by atoms with Gasteiger partial charge in [-0.1, -0.05) is 42.5 Å². The summed E-state index contributed by atoms with van der Waals surface area (Å²) >= 11 is 0. The first-order chi connectivity index (χ1) is 14.7. The lowest BCUT2D eigenvalue weighted by molar-refractivity contribution is -0.118. The lowest BCUT2D eigenvalue weighted by atomic mass is 10.0. The Morgan fingerprint density at radius 1 is 1.00 bits per heavy atom. The van der Waals surface area contributed by atoms with Gasteiger partial charge in [-0.05, 0) is 48.6 Å². The van der Waals surface area contributed by atoms with Crippen LogP contribution in [0.4, 0.5) is 5.69 Å². The minimum atomic E-state index is -0.0460. The van der Waals surface area contributed by atoms with Crippen LogP contribution in [0.15, 0.2) is 60.7 Å². The fourth-order valence-electron chi connectivity index (χ4n) is 4.18. The minimum absolute atomic E-state index is 0.0460. The first-order valence-corrected chi connectivity index (χ1v) is 10.8. The maximum absolute atomic E-state index is 12.3. The molecule has 5 heteroatoms. The molecular weight excluding hydrogens is 374 g/mol. The van der Waals surface area contributed by atoms with Gasteiger partial charge in [-0.25, -0.2) is 0 Å². The molecule has 0 atom stereocenters. The molecule has 2 aliphatic rings. The number of likely N-dealkylation sites (tertiary alicyclic amines) is 1. The second-order valence-corrected chi connectivity index (χ2v) is 8.12. The molecule has 0 bridgehead atoms. The van der Waals surface area contributed by atoms with Gasteiger partial charge in [-0.15, -0.1) is 0 Å². The monoisotopic (exact) mass is 403 g/mol. The van der Waals surface area contributed by atoms with E-state index < -0.39 is 0 Å². The Kier molecular flexibility index (Phi) is 6.60. The van der Waals surface area contributed by atoms with Crippen LogP contribution in [0.1, 0.15) is 36.8 Å². The normalized spacial score (nSPS) is 18.3. The van der Waals surface area contributed by atoms with Crippen molar-refractivity contribution in [1.82, 2.24) is 10.2 Å². The molecule has 30 heavy (non-hydrogen) atoms. The molecule has 0 spiro atoms. The topological polar surface area (TPSA) is 52.7 Å². The third-order valence-corrected chi connectivity index (χ3v) is 5.89. The molecule has 1 N–H and O–H groups in total.